The molecule has 1 aromatic heterocycles. The van der Waals surface area contributed by atoms with Crippen LogP contribution in [0.25, 0.3) is 11.3 Å². The number of rotatable bonds is 4. The van der Waals surface area contributed by atoms with Crippen molar-refractivity contribution in [2.75, 3.05) is 0 Å². The minimum absolute atomic E-state index is 0.106. The molecule has 1 heterocycles. The third-order valence-electron chi connectivity index (χ3n) is 2.99. The summed E-state index contributed by atoms with van der Waals surface area (Å²) < 4.78 is 1.01. The Bertz CT molecular complexity index is 593. The minimum atomic E-state index is -1.05. The first-order chi connectivity index (χ1) is 9.47. The number of halogens is 1. The fourth-order valence-corrected chi connectivity index (χ4v) is 2.22. The van der Waals surface area contributed by atoms with Crippen molar-refractivity contribution in [3.8, 4) is 11.3 Å². The van der Waals surface area contributed by atoms with E-state index in [0.717, 1.165) is 15.7 Å². The third kappa shape index (κ3) is 3.39. The van der Waals surface area contributed by atoms with E-state index in [0.29, 0.717) is 5.82 Å². The fraction of sp³-hybridized carbons (Fsp3) is 0.286. The lowest BCUT2D eigenvalue weighted by Gasteiger charge is -2.18. The molecule has 6 heteroatoms. The molecule has 0 aliphatic heterocycles. The first-order valence-corrected chi connectivity index (χ1v) is 7.07. The van der Waals surface area contributed by atoms with Gasteiger partial charge >= 0.3 is 6.09 Å². The van der Waals surface area contributed by atoms with E-state index in [4.69, 9.17) is 5.11 Å². The molecule has 1 atom stereocenters. The van der Waals surface area contributed by atoms with Crippen LogP contribution < -0.4 is 5.32 Å². The zero-order valence-electron chi connectivity index (χ0n) is 11.2. The Morgan fingerprint density at radius 1 is 1.35 bits per heavy atom. The second-order valence-electron chi connectivity index (χ2n) is 4.86. The zero-order chi connectivity index (χ0) is 14.7. The number of carbonyl (C=O) groups is 1. The highest BCUT2D eigenvalue weighted by atomic mass is 79.9. The molecule has 0 aliphatic rings. The molecule has 106 valence electrons. The molecule has 0 saturated carbocycles. The fourth-order valence-electron chi connectivity index (χ4n) is 1.95. The van der Waals surface area contributed by atoms with Gasteiger partial charge in [0.15, 0.2) is 0 Å². The molecule has 1 amide bonds. The topological polar surface area (TPSA) is 78.0 Å². The van der Waals surface area contributed by atoms with Crippen LogP contribution in [0.4, 0.5) is 4.79 Å². The Kier molecular flexibility index (Phi) is 4.44. The number of nitrogens with one attached hydrogen (secondary N) is 2. The highest BCUT2D eigenvalue weighted by molar-refractivity contribution is 9.10. The predicted molar refractivity (Wildman–Crippen MR) is 80.5 cm³/mol. The molecule has 0 radical (unpaired) electrons. The van der Waals surface area contributed by atoms with Gasteiger partial charge in [0.25, 0.3) is 0 Å². The summed E-state index contributed by atoms with van der Waals surface area (Å²) >= 11 is 3.39. The molecule has 0 spiro atoms. The number of hydrogen-bond acceptors (Lipinski definition) is 2. The average Bonchev–Trinajstić information content (AvgIpc) is 2.85. The molecule has 20 heavy (non-hydrogen) atoms. The summed E-state index contributed by atoms with van der Waals surface area (Å²) in [7, 11) is 0. The maximum Gasteiger partial charge on any atom is 0.405 e. The summed E-state index contributed by atoms with van der Waals surface area (Å²) in [5.74, 6) is 0.732. The molecule has 2 rings (SSSR count). The number of imidazole rings is 1. The number of carboxylic acid groups (broad SMARTS) is 1. The summed E-state index contributed by atoms with van der Waals surface area (Å²) in [6.07, 6.45) is 0.669. The van der Waals surface area contributed by atoms with Crippen LogP contribution in [-0.2, 0) is 0 Å². The van der Waals surface area contributed by atoms with Crippen LogP contribution in [0.15, 0.2) is 34.9 Å². The number of H-pyrrole nitrogens is 1. The molecule has 0 unspecified atom stereocenters. The van der Waals surface area contributed by atoms with Crippen LogP contribution in [0.2, 0.25) is 0 Å². The zero-order valence-corrected chi connectivity index (χ0v) is 12.8. The van der Waals surface area contributed by atoms with Gasteiger partial charge in [-0.2, -0.15) is 0 Å². The highest BCUT2D eigenvalue weighted by Gasteiger charge is 2.21. The van der Waals surface area contributed by atoms with E-state index in [1.807, 2.05) is 38.1 Å². The molecular weight excluding hydrogens is 322 g/mol. The van der Waals surface area contributed by atoms with Crippen molar-refractivity contribution in [1.82, 2.24) is 15.3 Å². The summed E-state index contributed by atoms with van der Waals surface area (Å²) in [6, 6.07) is 7.49. The smallest absolute Gasteiger partial charge is 0.405 e. The van der Waals surface area contributed by atoms with Crippen LogP contribution in [0.3, 0.4) is 0 Å². The summed E-state index contributed by atoms with van der Waals surface area (Å²) in [6.45, 7) is 3.89. The van der Waals surface area contributed by atoms with Gasteiger partial charge in [0.05, 0.1) is 17.9 Å². The quantitative estimate of drug-likeness (QED) is 0.793. The van der Waals surface area contributed by atoms with Crippen LogP contribution in [0.1, 0.15) is 25.7 Å². The van der Waals surface area contributed by atoms with Crippen LogP contribution >= 0.6 is 15.9 Å². The summed E-state index contributed by atoms with van der Waals surface area (Å²) in [5, 5.41) is 11.4. The number of amides is 1. The van der Waals surface area contributed by atoms with E-state index in [1.54, 1.807) is 6.20 Å². The van der Waals surface area contributed by atoms with Crippen molar-refractivity contribution < 1.29 is 9.90 Å². The van der Waals surface area contributed by atoms with Crippen molar-refractivity contribution in [2.45, 2.75) is 19.9 Å². The maximum absolute atomic E-state index is 10.8. The molecule has 0 fully saturated rings. The molecule has 0 saturated heterocycles. The Labute approximate surface area is 125 Å². The van der Waals surface area contributed by atoms with Crippen LogP contribution in [0, 0.1) is 5.92 Å². The van der Waals surface area contributed by atoms with Gasteiger partial charge in [-0.05, 0) is 23.6 Å². The van der Waals surface area contributed by atoms with E-state index in [2.05, 4.69) is 31.2 Å². The number of hydrogen-bond donors (Lipinski definition) is 3. The number of benzene rings is 1. The van der Waals surface area contributed by atoms with Crippen LogP contribution in [-0.4, -0.2) is 21.2 Å². The Hall–Kier alpha value is -1.82. The first-order valence-electron chi connectivity index (χ1n) is 6.27. The summed E-state index contributed by atoms with van der Waals surface area (Å²) in [4.78, 5) is 18.3. The normalized spacial score (nSPS) is 12.4. The lowest BCUT2D eigenvalue weighted by atomic mass is 10.0. The number of aromatic nitrogens is 2. The highest BCUT2D eigenvalue weighted by Crippen LogP contribution is 2.24. The van der Waals surface area contributed by atoms with Gasteiger partial charge in [0, 0.05) is 4.47 Å². The van der Waals surface area contributed by atoms with E-state index in [9.17, 15) is 4.79 Å². The van der Waals surface area contributed by atoms with E-state index >= 15 is 0 Å². The van der Waals surface area contributed by atoms with Gasteiger partial charge < -0.3 is 15.4 Å². The first kappa shape index (κ1) is 14.6. The number of aromatic amines is 1. The van der Waals surface area contributed by atoms with Crippen molar-refractivity contribution in [3.05, 3.63) is 40.8 Å². The standard InChI is InChI=1S/C14H16BrN3O2/c1-8(2)12(18-14(19)20)13-16-7-11(17-13)9-3-5-10(15)6-4-9/h3-8,12,18H,1-2H3,(H,16,17)(H,19,20)/t12-/m1/s1. The van der Waals surface area contributed by atoms with Crippen molar-refractivity contribution in [1.29, 1.82) is 0 Å². The van der Waals surface area contributed by atoms with E-state index in [1.165, 1.54) is 0 Å². The molecule has 2 aromatic rings. The Morgan fingerprint density at radius 2 is 2.00 bits per heavy atom. The lowest BCUT2D eigenvalue weighted by molar-refractivity contribution is 0.185. The maximum atomic E-state index is 10.8. The van der Waals surface area contributed by atoms with Crippen molar-refractivity contribution in [2.24, 2.45) is 5.92 Å². The van der Waals surface area contributed by atoms with Crippen LogP contribution in [0.5, 0.6) is 0 Å². The average molecular weight is 338 g/mol. The molecular formula is C14H16BrN3O2. The Balaban J connectivity index is 2.26. The van der Waals surface area contributed by atoms with Gasteiger partial charge in [0.2, 0.25) is 0 Å². The molecule has 5 nitrogen and oxygen atoms in total. The monoisotopic (exact) mass is 337 g/mol. The molecule has 0 bridgehead atoms. The molecule has 3 N–H and O–H groups in total. The van der Waals surface area contributed by atoms with Crippen molar-refractivity contribution >= 4 is 22.0 Å². The minimum Gasteiger partial charge on any atom is -0.465 e. The second kappa shape index (κ2) is 6.09. The van der Waals surface area contributed by atoms with E-state index in [-0.39, 0.29) is 12.0 Å². The third-order valence-corrected chi connectivity index (χ3v) is 3.52. The summed E-state index contributed by atoms with van der Waals surface area (Å²) in [5.41, 5.74) is 1.87. The van der Waals surface area contributed by atoms with Crippen molar-refractivity contribution in [3.63, 3.8) is 0 Å². The van der Waals surface area contributed by atoms with Gasteiger partial charge in [-0.25, -0.2) is 9.78 Å². The SMILES string of the molecule is CC(C)[C@@H](NC(=O)O)c1ncc(-c2ccc(Br)cc2)[nH]1. The Morgan fingerprint density at radius 3 is 2.55 bits per heavy atom. The predicted octanol–water partition coefficient (Wildman–Crippen LogP) is 3.80. The van der Waals surface area contributed by atoms with Gasteiger partial charge in [-0.1, -0.05) is 41.9 Å². The molecule has 1 aromatic carbocycles. The second-order valence-corrected chi connectivity index (χ2v) is 5.78. The number of nitrogens with zero attached hydrogens (tertiary/aromatic N) is 1. The van der Waals surface area contributed by atoms with Gasteiger partial charge in [0.1, 0.15) is 5.82 Å². The largest absolute Gasteiger partial charge is 0.465 e. The van der Waals surface area contributed by atoms with Gasteiger partial charge in [-0.15, -0.1) is 0 Å². The molecule has 0 aliphatic carbocycles. The lowest BCUT2D eigenvalue weighted by Crippen LogP contribution is -2.31. The van der Waals surface area contributed by atoms with E-state index < -0.39 is 6.09 Å². The van der Waals surface area contributed by atoms with Gasteiger partial charge in [-0.3, -0.25) is 0 Å².